The first-order chi connectivity index (χ1) is 12.6. The lowest BCUT2D eigenvalue weighted by Crippen LogP contribution is -2.42. The Morgan fingerprint density at radius 3 is 2.65 bits per heavy atom. The van der Waals surface area contributed by atoms with Gasteiger partial charge in [-0.25, -0.2) is 4.79 Å². The number of ether oxygens (including phenoxy) is 1. The molecule has 0 aliphatic heterocycles. The van der Waals surface area contributed by atoms with Crippen LogP contribution in [0.4, 0.5) is 4.79 Å². The summed E-state index contributed by atoms with van der Waals surface area (Å²) in [4.78, 5) is 12.0. The van der Waals surface area contributed by atoms with Crippen molar-refractivity contribution in [2.75, 3.05) is 13.7 Å². The van der Waals surface area contributed by atoms with Crippen LogP contribution in [0.1, 0.15) is 18.2 Å². The minimum absolute atomic E-state index is 0.0171. The van der Waals surface area contributed by atoms with Crippen molar-refractivity contribution in [1.82, 2.24) is 10.6 Å². The average Bonchev–Trinajstić information content (AvgIpc) is 3.04. The maximum Gasteiger partial charge on any atom is 0.315 e. The summed E-state index contributed by atoms with van der Waals surface area (Å²) in [5.74, 6) is 1.70. The highest BCUT2D eigenvalue weighted by atomic mass is 16.5. The van der Waals surface area contributed by atoms with Gasteiger partial charge in [0.1, 0.15) is 17.1 Å². The number of hydrogen-bond acceptors (Lipinski definition) is 3. The van der Waals surface area contributed by atoms with Gasteiger partial charge in [0.2, 0.25) is 0 Å². The lowest BCUT2D eigenvalue weighted by atomic mass is 10.1. The van der Waals surface area contributed by atoms with Gasteiger partial charge in [0, 0.05) is 24.4 Å². The third kappa shape index (κ3) is 4.79. The third-order valence-corrected chi connectivity index (χ3v) is 4.22. The molecule has 2 N–H and O–H groups in total. The molecule has 1 heterocycles. The highest BCUT2D eigenvalue weighted by Gasteiger charge is 2.11. The Kier molecular flexibility index (Phi) is 5.79. The summed E-state index contributed by atoms with van der Waals surface area (Å²) >= 11 is 0. The smallest absolute Gasteiger partial charge is 0.315 e. The number of carbonyl (C=O) groups is 1. The van der Waals surface area contributed by atoms with Gasteiger partial charge in [-0.15, -0.1) is 0 Å². The number of hydrogen-bond donors (Lipinski definition) is 2. The molecule has 0 bridgehead atoms. The maximum absolute atomic E-state index is 12.0. The van der Waals surface area contributed by atoms with Crippen molar-refractivity contribution >= 4 is 17.0 Å². The van der Waals surface area contributed by atoms with Crippen molar-refractivity contribution < 1.29 is 13.9 Å². The molecule has 136 valence electrons. The van der Waals surface area contributed by atoms with Crippen LogP contribution in [0.3, 0.4) is 0 Å². The number of carbonyl (C=O) groups excluding carboxylic acids is 1. The van der Waals surface area contributed by atoms with E-state index in [9.17, 15) is 4.79 Å². The Hall–Kier alpha value is -2.95. The molecular formula is C21H24N2O3. The van der Waals surface area contributed by atoms with Crippen molar-refractivity contribution in [2.45, 2.75) is 25.8 Å². The van der Waals surface area contributed by atoms with Gasteiger partial charge < -0.3 is 19.8 Å². The number of fused-ring (bicyclic) bond motifs is 1. The molecule has 0 radical (unpaired) electrons. The molecule has 0 unspecified atom stereocenters. The summed E-state index contributed by atoms with van der Waals surface area (Å²) in [6.45, 7) is 2.55. The molecule has 1 aromatic heterocycles. The van der Waals surface area contributed by atoms with Gasteiger partial charge in [-0.05, 0) is 43.2 Å². The van der Waals surface area contributed by atoms with E-state index in [1.807, 2.05) is 61.5 Å². The molecule has 3 aromatic rings. The molecule has 0 aliphatic rings. The molecule has 0 saturated heterocycles. The summed E-state index contributed by atoms with van der Waals surface area (Å²) in [6, 6.07) is 17.6. The molecule has 5 nitrogen and oxygen atoms in total. The first-order valence-corrected chi connectivity index (χ1v) is 8.79. The van der Waals surface area contributed by atoms with Crippen LogP contribution in [-0.2, 0) is 12.8 Å². The predicted octanol–water partition coefficient (Wildman–Crippen LogP) is 3.91. The summed E-state index contributed by atoms with van der Waals surface area (Å²) in [5.41, 5.74) is 2.03. The van der Waals surface area contributed by atoms with Crippen LogP contribution in [0.15, 0.2) is 59.0 Å². The molecule has 2 aromatic carbocycles. The number of amides is 2. The summed E-state index contributed by atoms with van der Waals surface area (Å²) < 4.78 is 10.9. The van der Waals surface area contributed by atoms with E-state index in [-0.39, 0.29) is 12.1 Å². The predicted molar refractivity (Wildman–Crippen MR) is 103 cm³/mol. The van der Waals surface area contributed by atoms with E-state index in [4.69, 9.17) is 9.15 Å². The Bertz CT molecular complexity index is 822. The molecule has 26 heavy (non-hydrogen) atoms. The zero-order chi connectivity index (χ0) is 18.4. The Morgan fingerprint density at radius 2 is 1.92 bits per heavy atom. The normalized spacial score (nSPS) is 11.9. The third-order valence-electron chi connectivity index (χ3n) is 4.22. The van der Waals surface area contributed by atoms with Crippen molar-refractivity contribution in [3.05, 3.63) is 65.9 Å². The van der Waals surface area contributed by atoms with Crippen molar-refractivity contribution in [3.8, 4) is 5.75 Å². The minimum Gasteiger partial charge on any atom is -0.497 e. The summed E-state index contributed by atoms with van der Waals surface area (Å²) in [6.07, 6.45) is 1.43. The lowest BCUT2D eigenvalue weighted by Gasteiger charge is -2.13. The van der Waals surface area contributed by atoms with Crippen LogP contribution in [0.2, 0.25) is 0 Å². The van der Waals surface area contributed by atoms with Gasteiger partial charge in [0.05, 0.1) is 7.11 Å². The Labute approximate surface area is 153 Å². The topological polar surface area (TPSA) is 63.5 Å². The fraction of sp³-hybridized carbons (Fsp3) is 0.286. The Morgan fingerprint density at radius 1 is 1.15 bits per heavy atom. The number of urea groups is 1. The van der Waals surface area contributed by atoms with Crippen LogP contribution in [0, 0.1) is 0 Å². The number of nitrogens with one attached hydrogen (secondary N) is 2. The second-order valence-electron chi connectivity index (χ2n) is 6.35. The van der Waals surface area contributed by atoms with E-state index in [2.05, 4.69) is 10.6 Å². The number of methoxy groups -OCH3 is 1. The van der Waals surface area contributed by atoms with Gasteiger partial charge in [-0.2, -0.15) is 0 Å². The molecule has 1 atom stereocenters. The zero-order valence-corrected chi connectivity index (χ0v) is 15.1. The fourth-order valence-corrected chi connectivity index (χ4v) is 2.88. The van der Waals surface area contributed by atoms with Crippen LogP contribution in [0.25, 0.3) is 11.0 Å². The largest absolute Gasteiger partial charge is 0.497 e. The first-order valence-electron chi connectivity index (χ1n) is 8.79. The van der Waals surface area contributed by atoms with E-state index in [0.29, 0.717) is 13.0 Å². The van der Waals surface area contributed by atoms with Crippen molar-refractivity contribution in [1.29, 1.82) is 0 Å². The first kappa shape index (κ1) is 17.9. The average molecular weight is 352 g/mol. The Balaban J connectivity index is 1.42. The number of benzene rings is 2. The highest BCUT2D eigenvalue weighted by molar-refractivity contribution is 5.77. The van der Waals surface area contributed by atoms with Gasteiger partial charge >= 0.3 is 6.03 Å². The van der Waals surface area contributed by atoms with Gasteiger partial charge in [-0.3, -0.25) is 0 Å². The highest BCUT2D eigenvalue weighted by Crippen LogP contribution is 2.19. The monoisotopic (exact) mass is 352 g/mol. The standard InChI is InChI=1S/C21H24N2O3/c1-15(13-19-14-17-5-3-4-6-20(17)26-19)23-21(24)22-12-11-16-7-9-18(25-2)10-8-16/h3-10,14-15H,11-13H2,1-2H3,(H2,22,23,24)/t15-/m0/s1. The summed E-state index contributed by atoms with van der Waals surface area (Å²) in [5, 5.41) is 6.92. The van der Waals surface area contributed by atoms with Crippen LogP contribution >= 0.6 is 0 Å². The molecule has 0 spiro atoms. The molecule has 0 fully saturated rings. The molecule has 0 saturated carbocycles. The second-order valence-corrected chi connectivity index (χ2v) is 6.35. The molecule has 5 heteroatoms. The fourth-order valence-electron chi connectivity index (χ4n) is 2.88. The summed E-state index contributed by atoms with van der Waals surface area (Å²) in [7, 11) is 1.65. The van der Waals surface area contributed by atoms with Crippen LogP contribution < -0.4 is 15.4 Å². The van der Waals surface area contributed by atoms with Crippen molar-refractivity contribution in [2.24, 2.45) is 0 Å². The van der Waals surface area contributed by atoms with Gasteiger partial charge in [-0.1, -0.05) is 30.3 Å². The maximum atomic E-state index is 12.0. The van der Waals surface area contributed by atoms with Crippen LogP contribution in [-0.4, -0.2) is 25.7 Å². The van der Waals surface area contributed by atoms with E-state index >= 15 is 0 Å². The quantitative estimate of drug-likeness (QED) is 0.677. The number of furan rings is 1. The van der Waals surface area contributed by atoms with Gasteiger partial charge in [0.25, 0.3) is 0 Å². The lowest BCUT2D eigenvalue weighted by molar-refractivity contribution is 0.237. The second kappa shape index (κ2) is 8.43. The van der Waals surface area contributed by atoms with E-state index in [1.54, 1.807) is 7.11 Å². The van der Waals surface area contributed by atoms with E-state index < -0.39 is 0 Å². The molecule has 0 aliphatic carbocycles. The van der Waals surface area contributed by atoms with Crippen molar-refractivity contribution in [3.63, 3.8) is 0 Å². The number of para-hydroxylation sites is 1. The van der Waals surface area contributed by atoms with E-state index in [0.717, 1.165) is 34.5 Å². The SMILES string of the molecule is COc1ccc(CCNC(=O)N[C@@H](C)Cc2cc3ccccc3o2)cc1. The van der Waals surface area contributed by atoms with Gasteiger partial charge in [0.15, 0.2) is 0 Å². The molecular weight excluding hydrogens is 328 g/mol. The minimum atomic E-state index is -0.165. The van der Waals surface area contributed by atoms with E-state index in [1.165, 1.54) is 0 Å². The zero-order valence-electron chi connectivity index (χ0n) is 15.1. The molecule has 2 amide bonds. The number of rotatable bonds is 7. The molecule has 3 rings (SSSR count). The van der Waals surface area contributed by atoms with Crippen LogP contribution in [0.5, 0.6) is 5.75 Å².